The normalized spacial score (nSPS) is 9.38. The molecule has 0 aliphatic carbocycles. The van der Waals surface area contributed by atoms with E-state index in [-0.39, 0.29) is 5.75 Å². The Morgan fingerprint density at radius 2 is 2.00 bits per heavy atom. The predicted molar refractivity (Wildman–Crippen MR) is 51.3 cm³/mol. The first kappa shape index (κ1) is 9.45. The first-order chi connectivity index (χ1) is 6.24. The summed E-state index contributed by atoms with van der Waals surface area (Å²) in [6.07, 6.45) is 1.55. The van der Waals surface area contributed by atoms with Crippen LogP contribution in [0.4, 0.5) is 0 Å². The lowest BCUT2D eigenvalue weighted by Gasteiger charge is -2.10. The molecule has 0 aliphatic rings. The number of ether oxygens (including phenoxy) is 2. The second-order valence-electron chi connectivity index (χ2n) is 2.44. The highest BCUT2D eigenvalue weighted by Crippen LogP contribution is 2.38. The van der Waals surface area contributed by atoms with Crippen LogP contribution < -0.4 is 9.47 Å². The molecule has 1 aromatic rings. The van der Waals surface area contributed by atoms with E-state index in [2.05, 4.69) is 6.58 Å². The highest BCUT2D eigenvalue weighted by atomic mass is 16.5. The minimum atomic E-state index is 0.0526. The Labute approximate surface area is 77.2 Å². The van der Waals surface area contributed by atoms with Crippen molar-refractivity contribution in [1.82, 2.24) is 0 Å². The van der Waals surface area contributed by atoms with Gasteiger partial charge in [0.1, 0.15) is 0 Å². The molecule has 0 radical (unpaired) electrons. The van der Waals surface area contributed by atoms with Crippen molar-refractivity contribution in [3.8, 4) is 17.2 Å². The molecule has 0 saturated heterocycles. The van der Waals surface area contributed by atoms with Gasteiger partial charge in [-0.15, -0.1) is 0 Å². The van der Waals surface area contributed by atoms with Gasteiger partial charge in [-0.3, -0.25) is 0 Å². The van der Waals surface area contributed by atoms with E-state index in [4.69, 9.17) is 9.47 Å². The van der Waals surface area contributed by atoms with E-state index in [1.807, 2.05) is 0 Å². The Hall–Kier alpha value is -1.64. The third kappa shape index (κ3) is 1.59. The van der Waals surface area contributed by atoms with Gasteiger partial charge in [-0.25, -0.2) is 0 Å². The van der Waals surface area contributed by atoms with E-state index in [9.17, 15) is 5.11 Å². The minimum absolute atomic E-state index is 0.0526. The zero-order chi connectivity index (χ0) is 9.84. The van der Waals surface area contributed by atoms with E-state index in [0.717, 1.165) is 0 Å². The molecule has 0 spiro atoms. The molecule has 1 rings (SSSR count). The van der Waals surface area contributed by atoms with E-state index >= 15 is 0 Å². The Morgan fingerprint density at radius 3 is 2.46 bits per heavy atom. The van der Waals surface area contributed by atoms with Gasteiger partial charge in [0.2, 0.25) is 5.75 Å². The molecule has 0 bridgehead atoms. The molecule has 0 fully saturated rings. The summed E-state index contributed by atoms with van der Waals surface area (Å²) in [5, 5.41) is 9.62. The zero-order valence-electron chi connectivity index (χ0n) is 7.70. The van der Waals surface area contributed by atoms with Crippen LogP contribution in [-0.4, -0.2) is 19.3 Å². The van der Waals surface area contributed by atoms with Gasteiger partial charge in [-0.1, -0.05) is 12.7 Å². The van der Waals surface area contributed by atoms with Crippen molar-refractivity contribution in [2.45, 2.75) is 0 Å². The summed E-state index contributed by atoms with van der Waals surface area (Å²) in [6, 6.07) is 3.43. The molecular weight excluding hydrogens is 168 g/mol. The lowest BCUT2D eigenvalue weighted by Crippen LogP contribution is -1.91. The van der Waals surface area contributed by atoms with Crippen molar-refractivity contribution < 1.29 is 14.6 Å². The molecular formula is C10H12O3. The highest BCUT2D eigenvalue weighted by Gasteiger charge is 2.11. The molecule has 0 atom stereocenters. The van der Waals surface area contributed by atoms with Crippen molar-refractivity contribution in [3.05, 3.63) is 24.3 Å². The summed E-state index contributed by atoms with van der Waals surface area (Å²) in [5.41, 5.74) is 0.623. The number of aromatic hydroxyl groups is 1. The fraction of sp³-hybridized carbons (Fsp3) is 0.200. The van der Waals surface area contributed by atoms with Crippen LogP contribution >= 0.6 is 0 Å². The zero-order valence-corrected chi connectivity index (χ0v) is 7.70. The summed E-state index contributed by atoms with van der Waals surface area (Å²) in [5.74, 6) is 0.891. The number of methoxy groups -OCH3 is 2. The van der Waals surface area contributed by atoms with E-state index in [1.165, 1.54) is 14.2 Å². The maximum Gasteiger partial charge on any atom is 0.203 e. The molecule has 0 amide bonds. The molecule has 70 valence electrons. The largest absolute Gasteiger partial charge is 0.504 e. The molecule has 13 heavy (non-hydrogen) atoms. The topological polar surface area (TPSA) is 38.7 Å². The summed E-state index contributed by atoms with van der Waals surface area (Å²) >= 11 is 0. The summed E-state index contributed by atoms with van der Waals surface area (Å²) < 4.78 is 9.98. The van der Waals surface area contributed by atoms with E-state index in [0.29, 0.717) is 17.1 Å². The maximum atomic E-state index is 9.62. The van der Waals surface area contributed by atoms with Crippen molar-refractivity contribution in [3.63, 3.8) is 0 Å². The van der Waals surface area contributed by atoms with Gasteiger partial charge < -0.3 is 14.6 Å². The maximum absolute atomic E-state index is 9.62. The van der Waals surface area contributed by atoms with Crippen LogP contribution in [0, 0.1) is 0 Å². The van der Waals surface area contributed by atoms with Crippen molar-refractivity contribution in [2.24, 2.45) is 0 Å². The highest BCUT2D eigenvalue weighted by molar-refractivity contribution is 5.64. The molecule has 0 unspecified atom stereocenters. The van der Waals surface area contributed by atoms with E-state index < -0.39 is 0 Å². The lowest BCUT2D eigenvalue weighted by atomic mass is 10.1. The number of rotatable bonds is 3. The average molecular weight is 180 g/mol. The monoisotopic (exact) mass is 180 g/mol. The quantitative estimate of drug-likeness (QED) is 0.773. The second-order valence-corrected chi connectivity index (χ2v) is 2.44. The molecule has 1 N–H and O–H groups in total. The van der Waals surface area contributed by atoms with Crippen LogP contribution in [0.15, 0.2) is 18.7 Å². The van der Waals surface area contributed by atoms with Crippen LogP contribution in [-0.2, 0) is 0 Å². The summed E-state index contributed by atoms with van der Waals surface area (Å²) in [6.45, 7) is 3.57. The third-order valence-corrected chi connectivity index (χ3v) is 1.77. The number of hydrogen-bond acceptors (Lipinski definition) is 3. The van der Waals surface area contributed by atoms with Crippen molar-refractivity contribution in [1.29, 1.82) is 0 Å². The van der Waals surface area contributed by atoms with Crippen LogP contribution in [0.2, 0.25) is 0 Å². The molecule has 3 heteroatoms. The van der Waals surface area contributed by atoms with Gasteiger partial charge >= 0.3 is 0 Å². The van der Waals surface area contributed by atoms with Gasteiger partial charge in [0.15, 0.2) is 11.5 Å². The van der Waals surface area contributed by atoms with Crippen LogP contribution in [0.1, 0.15) is 5.56 Å². The number of phenolic OH excluding ortho intramolecular Hbond substituents is 1. The summed E-state index contributed by atoms with van der Waals surface area (Å²) in [7, 11) is 3.00. The van der Waals surface area contributed by atoms with Gasteiger partial charge in [0.25, 0.3) is 0 Å². The first-order valence-corrected chi connectivity index (χ1v) is 3.81. The second kappa shape index (κ2) is 3.85. The number of hydrogen-bond donors (Lipinski definition) is 1. The average Bonchev–Trinajstić information content (AvgIpc) is 2.17. The van der Waals surface area contributed by atoms with Crippen LogP contribution in [0.5, 0.6) is 17.2 Å². The van der Waals surface area contributed by atoms with E-state index in [1.54, 1.807) is 18.2 Å². The molecule has 0 heterocycles. The molecule has 0 aliphatic heterocycles. The van der Waals surface area contributed by atoms with Crippen molar-refractivity contribution in [2.75, 3.05) is 14.2 Å². The van der Waals surface area contributed by atoms with Gasteiger partial charge in [0, 0.05) is 5.56 Å². The summed E-state index contributed by atoms with van der Waals surface area (Å²) in [4.78, 5) is 0. The Bertz CT molecular complexity index is 318. The first-order valence-electron chi connectivity index (χ1n) is 3.81. The Balaban J connectivity index is 3.31. The predicted octanol–water partition coefficient (Wildman–Crippen LogP) is 2.05. The molecule has 1 aromatic carbocycles. The minimum Gasteiger partial charge on any atom is -0.504 e. The Morgan fingerprint density at radius 1 is 1.31 bits per heavy atom. The van der Waals surface area contributed by atoms with Crippen LogP contribution in [0.25, 0.3) is 6.08 Å². The standard InChI is InChI=1S/C10H12O3/c1-4-7-5-6-8(12-2)10(13-3)9(7)11/h4-6,11H,1H2,2-3H3. The molecule has 0 aromatic heterocycles. The smallest absolute Gasteiger partial charge is 0.203 e. The Kier molecular flexibility index (Phi) is 2.80. The SMILES string of the molecule is C=Cc1ccc(OC)c(OC)c1O. The van der Waals surface area contributed by atoms with Crippen molar-refractivity contribution >= 4 is 6.08 Å². The van der Waals surface area contributed by atoms with Gasteiger partial charge in [0.05, 0.1) is 14.2 Å². The fourth-order valence-corrected chi connectivity index (χ4v) is 1.09. The number of phenols is 1. The van der Waals surface area contributed by atoms with Gasteiger partial charge in [-0.2, -0.15) is 0 Å². The third-order valence-electron chi connectivity index (χ3n) is 1.77. The van der Waals surface area contributed by atoms with Crippen LogP contribution in [0.3, 0.4) is 0 Å². The number of benzene rings is 1. The molecule has 0 saturated carbocycles. The van der Waals surface area contributed by atoms with Gasteiger partial charge in [-0.05, 0) is 12.1 Å². The molecule has 3 nitrogen and oxygen atoms in total. The lowest BCUT2D eigenvalue weighted by molar-refractivity contribution is 0.333. The fourth-order valence-electron chi connectivity index (χ4n) is 1.09.